The molecule has 2 atom stereocenters. The molecule has 6 heteroatoms. The number of carbonyl (C=O) groups excluding carboxylic acids is 1. The number of hydrogen-bond donors (Lipinski definition) is 2. The Labute approximate surface area is 147 Å². The van der Waals surface area contributed by atoms with Crippen molar-refractivity contribution in [3.05, 3.63) is 17.5 Å². The van der Waals surface area contributed by atoms with Gasteiger partial charge in [0.05, 0.1) is 24.0 Å². The van der Waals surface area contributed by atoms with E-state index in [2.05, 4.69) is 10.3 Å². The molecule has 134 valence electrons. The molecule has 1 heterocycles. The molecule has 5 saturated carbocycles. The predicted octanol–water partition coefficient (Wildman–Crippen LogP) is 2.64. The average molecular weight is 343 g/mol. The van der Waals surface area contributed by atoms with Gasteiger partial charge in [-0.1, -0.05) is 0 Å². The summed E-state index contributed by atoms with van der Waals surface area (Å²) in [6.07, 6.45) is 9.84. The van der Waals surface area contributed by atoms with Gasteiger partial charge in [-0.15, -0.1) is 0 Å². The van der Waals surface area contributed by atoms with Crippen LogP contribution in [0.1, 0.15) is 73.3 Å². The zero-order chi connectivity index (χ0) is 17.2. The number of rotatable bonds is 4. The summed E-state index contributed by atoms with van der Waals surface area (Å²) in [6, 6.07) is 0. The Kier molecular flexibility index (Phi) is 3.21. The summed E-state index contributed by atoms with van der Waals surface area (Å²) in [4.78, 5) is 21.1. The van der Waals surface area contributed by atoms with E-state index in [9.17, 15) is 9.90 Å². The summed E-state index contributed by atoms with van der Waals surface area (Å²) in [5, 5.41) is 14.5. The van der Waals surface area contributed by atoms with E-state index in [1.165, 1.54) is 13.5 Å². The van der Waals surface area contributed by atoms with Gasteiger partial charge < -0.3 is 15.2 Å². The molecule has 0 spiro atoms. The van der Waals surface area contributed by atoms with Crippen molar-refractivity contribution in [3.63, 3.8) is 0 Å². The van der Waals surface area contributed by atoms with E-state index >= 15 is 0 Å². The molecule has 0 radical (unpaired) electrons. The second kappa shape index (κ2) is 5.16. The van der Waals surface area contributed by atoms with Crippen molar-refractivity contribution in [3.8, 4) is 0 Å². The summed E-state index contributed by atoms with van der Waals surface area (Å²) in [7, 11) is 1.39. The fourth-order valence-electron chi connectivity index (χ4n) is 5.99. The minimum Gasteiger partial charge on any atom is -0.465 e. The molecule has 0 saturated heterocycles. The maximum Gasteiger partial charge on any atom is 0.341 e. The number of carbonyl (C=O) groups is 1. The van der Waals surface area contributed by atoms with Gasteiger partial charge in [-0.25, -0.2) is 14.8 Å². The monoisotopic (exact) mass is 343 g/mol. The van der Waals surface area contributed by atoms with E-state index in [-0.39, 0.29) is 11.5 Å². The van der Waals surface area contributed by atoms with E-state index < -0.39 is 5.60 Å². The van der Waals surface area contributed by atoms with Crippen LogP contribution >= 0.6 is 0 Å². The van der Waals surface area contributed by atoms with Crippen molar-refractivity contribution in [2.75, 3.05) is 12.4 Å². The van der Waals surface area contributed by atoms with E-state index in [1.807, 2.05) is 0 Å². The van der Waals surface area contributed by atoms with Crippen LogP contribution in [0.3, 0.4) is 0 Å². The highest BCUT2D eigenvalue weighted by molar-refractivity contribution is 5.90. The Balaban J connectivity index is 1.44. The lowest BCUT2D eigenvalue weighted by atomic mass is 9.51. The molecule has 6 nitrogen and oxygen atoms in total. The lowest BCUT2D eigenvalue weighted by Crippen LogP contribution is -2.62. The van der Waals surface area contributed by atoms with Crippen molar-refractivity contribution in [2.45, 2.75) is 68.4 Å². The van der Waals surface area contributed by atoms with E-state index in [4.69, 9.17) is 9.72 Å². The van der Waals surface area contributed by atoms with Gasteiger partial charge in [-0.2, -0.15) is 0 Å². The molecule has 25 heavy (non-hydrogen) atoms. The maximum atomic E-state index is 12.0. The number of nitrogens with one attached hydrogen (secondary N) is 1. The smallest absolute Gasteiger partial charge is 0.341 e. The summed E-state index contributed by atoms with van der Waals surface area (Å²) in [5.74, 6) is 1.79. The lowest BCUT2D eigenvalue weighted by Gasteiger charge is -2.60. The molecule has 6 rings (SSSR count). The van der Waals surface area contributed by atoms with Crippen LogP contribution in [0.15, 0.2) is 6.20 Å². The van der Waals surface area contributed by atoms with Crippen LogP contribution in [0.4, 0.5) is 5.95 Å². The number of aromatic nitrogens is 2. The first-order chi connectivity index (χ1) is 12.0. The third kappa shape index (κ3) is 2.62. The number of hydrogen-bond acceptors (Lipinski definition) is 6. The molecular weight excluding hydrogens is 318 g/mol. The Hall–Kier alpha value is -1.69. The van der Waals surface area contributed by atoms with Crippen LogP contribution in [-0.4, -0.2) is 39.3 Å². The van der Waals surface area contributed by atoms with Crippen LogP contribution in [0.2, 0.25) is 0 Å². The molecule has 1 aromatic rings. The maximum absolute atomic E-state index is 12.0. The van der Waals surface area contributed by atoms with E-state index in [1.54, 1.807) is 6.20 Å². The molecule has 5 fully saturated rings. The zero-order valence-electron chi connectivity index (χ0n) is 14.6. The summed E-state index contributed by atoms with van der Waals surface area (Å²) < 4.78 is 4.87. The van der Waals surface area contributed by atoms with Crippen molar-refractivity contribution in [1.29, 1.82) is 0 Å². The van der Waals surface area contributed by atoms with Crippen LogP contribution < -0.4 is 5.32 Å². The number of ether oxygens (including phenoxy) is 1. The van der Waals surface area contributed by atoms with Crippen LogP contribution in [-0.2, 0) is 4.74 Å². The van der Waals surface area contributed by atoms with Gasteiger partial charge in [0.2, 0.25) is 5.95 Å². The fraction of sp³-hybridized carbons (Fsp3) is 0.737. The summed E-state index contributed by atoms with van der Waals surface area (Å²) >= 11 is 0. The quantitative estimate of drug-likeness (QED) is 0.818. The van der Waals surface area contributed by atoms with Crippen molar-refractivity contribution >= 4 is 11.9 Å². The van der Waals surface area contributed by atoms with Gasteiger partial charge in [0.15, 0.2) is 0 Å². The first-order valence-electron chi connectivity index (χ1n) is 9.43. The average Bonchev–Trinajstić information content (AvgIpc) is 3.36. The number of aliphatic hydroxyl groups is 1. The molecule has 2 N–H and O–H groups in total. The molecule has 2 unspecified atom stereocenters. The molecule has 5 aliphatic rings. The van der Waals surface area contributed by atoms with E-state index in [0.717, 1.165) is 50.6 Å². The first-order valence-corrected chi connectivity index (χ1v) is 9.43. The van der Waals surface area contributed by atoms with Crippen LogP contribution in [0.25, 0.3) is 0 Å². The second-order valence-electron chi connectivity index (χ2n) is 8.85. The summed E-state index contributed by atoms with van der Waals surface area (Å²) in [5.41, 5.74) is 0.696. The fourth-order valence-corrected chi connectivity index (χ4v) is 5.99. The SMILES string of the molecule is COC(=O)c1cnc(NC23CC4CC(CC(O)(C4)C2)C3)nc1C1CC1. The van der Waals surface area contributed by atoms with E-state index in [0.29, 0.717) is 29.3 Å². The highest BCUT2D eigenvalue weighted by Crippen LogP contribution is 2.58. The van der Waals surface area contributed by atoms with Crippen LogP contribution in [0, 0.1) is 11.8 Å². The topological polar surface area (TPSA) is 84.3 Å². The Morgan fingerprint density at radius 2 is 2.00 bits per heavy atom. The van der Waals surface area contributed by atoms with Gasteiger partial charge in [-0.05, 0) is 63.2 Å². The summed E-state index contributed by atoms with van der Waals surface area (Å²) in [6.45, 7) is 0. The lowest BCUT2D eigenvalue weighted by molar-refractivity contribution is -0.127. The Bertz CT molecular complexity index is 717. The standard InChI is InChI=1S/C19H25N3O3/c1-25-16(23)14-9-20-17(21-15(14)13-2-3-13)22-18-5-11-4-12(6-18)8-19(24,7-11)10-18/h9,11-13,24H,2-8,10H2,1H3,(H,20,21,22). The third-order valence-electron chi connectivity index (χ3n) is 6.59. The number of esters is 1. The van der Waals surface area contributed by atoms with Gasteiger partial charge in [0.1, 0.15) is 0 Å². The largest absolute Gasteiger partial charge is 0.465 e. The molecule has 0 aromatic carbocycles. The van der Waals surface area contributed by atoms with Crippen molar-refractivity contribution in [2.24, 2.45) is 11.8 Å². The minimum absolute atomic E-state index is 0.0908. The molecule has 5 aliphatic carbocycles. The molecule has 0 aliphatic heterocycles. The highest BCUT2D eigenvalue weighted by atomic mass is 16.5. The second-order valence-corrected chi connectivity index (χ2v) is 8.85. The third-order valence-corrected chi connectivity index (χ3v) is 6.59. The first kappa shape index (κ1) is 15.6. The number of nitrogens with zero attached hydrogens (tertiary/aromatic N) is 2. The zero-order valence-corrected chi connectivity index (χ0v) is 14.6. The molecular formula is C19H25N3O3. The van der Waals surface area contributed by atoms with Gasteiger partial charge in [-0.3, -0.25) is 0 Å². The molecule has 4 bridgehead atoms. The highest BCUT2D eigenvalue weighted by Gasteiger charge is 2.57. The van der Waals surface area contributed by atoms with Crippen LogP contribution in [0.5, 0.6) is 0 Å². The van der Waals surface area contributed by atoms with Crippen molar-refractivity contribution in [1.82, 2.24) is 9.97 Å². The van der Waals surface area contributed by atoms with Gasteiger partial charge >= 0.3 is 5.97 Å². The normalized spacial score (nSPS) is 38.6. The van der Waals surface area contributed by atoms with Gasteiger partial charge in [0.25, 0.3) is 0 Å². The molecule has 1 aromatic heterocycles. The Morgan fingerprint density at radius 1 is 1.28 bits per heavy atom. The predicted molar refractivity (Wildman–Crippen MR) is 91.3 cm³/mol. The Morgan fingerprint density at radius 3 is 2.60 bits per heavy atom. The molecule has 0 amide bonds. The number of methoxy groups -OCH3 is 1. The van der Waals surface area contributed by atoms with Gasteiger partial charge in [0, 0.05) is 17.7 Å². The van der Waals surface area contributed by atoms with Crippen molar-refractivity contribution < 1.29 is 14.6 Å². The minimum atomic E-state index is -0.512. The number of anilines is 1.